The van der Waals surface area contributed by atoms with E-state index in [1.165, 1.54) is 0 Å². The van der Waals surface area contributed by atoms with Crippen LogP contribution in [0.2, 0.25) is 0 Å². The molecule has 0 heterocycles. The van der Waals surface area contributed by atoms with Crippen LogP contribution in [0.4, 0.5) is 26.3 Å². The Morgan fingerprint density at radius 2 is 1.29 bits per heavy atom. The molecule has 1 nitrogen and oxygen atoms in total. The Morgan fingerprint density at radius 3 is 1.43 bits per heavy atom. The summed E-state index contributed by atoms with van der Waals surface area (Å²) in [5.41, 5.74) is -4.91. The van der Waals surface area contributed by atoms with Crippen LogP contribution < -0.4 is 0 Å². The predicted molar refractivity (Wildman–Crippen MR) is 34.3 cm³/mol. The van der Waals surface area contributed by atoms with E-state index in [-0.39, 0.29) is 0 Å². The first kappa shape index (κ1) is 11.9. The van der Waals surface area contributed by atoms with E-state index in [1.54, 1.807) is 0 Å². The van der Waals surface area contributed by atoms with Gasteiger partial charge >= 0.3 is 22.6 Å². The molecule has 0 spiro atoms. The van der Waals surface area contributed by atoms with Gasteiger partial charge in [-0.15, -0.1) is 0 Å². The van der Waals surface area contributed by atoms with Crippen molar-refractivity contribution in [3.8, 4) is 0 Å². The van der Waals surface area contributed by atoms with E-state index in [4.69, 9.17) is 0 Å². The lowest BCUT2D eigenvalue weighted by molar-refractivity contribution is -0.394. The van der Waals surface area contributed by atoms with Gasteiger partial charge < -0.3 is 0 Å². The van der Waals surface area contributed by atoms with Crippen molar-refractivity contribution in [2.75, 3.05) is 0 Å². The molecule has 0 aromatic carbocycles. The summed E-state index contributed by atoms with van der Waals surface area (Å²) >= 11 is 8.47. The van der Waals surface area contributed by atoms with Gasteiger partial charge in [-0.05, 0) is 11.6 Å². The molecule has 0 bridgehead atoms. The van der Waals surface area contributed by atoms with Crippen molar-refractivity contribution in [3.63, 3.8) is 0 Å². The van der Waals surface area contributed by atoms with E-state index < -0.39 is 27.9 Å². The van der Waals surface area contributed by atoms with Crippen molar-refractivity contribution in [2.24, 2.45) is 0 Å². The summed E-state index contributed by atoms with van der Waals surface area (Å²) in [6.45, 7) is 0. The van der Waals surface area contributed by atoms with Gasteiger partial charge in [0.2, 0.25) is 0 Å². The molecule has 1 rings (SSSR count). The van der Waals surface area contributed by atoms with E-state index in [9.17, 15) is 31.1 Å². The summed E-state index contributed by atoms with van der Waals surface area (Å²) in [4.78, 5) is 10.1. The lowest BCUT2D eigenvalue weighted by atomic mass is 9.71. The summed E-state index contributed by atoms with van der Waals surface area (Å²) in [5.74, 6) is -11.0. The first-order chi connectivity index (χ1) is 5.94. The van der Waals surface area contributed by atoms with Gasteiger partial charge in [-0.25, -0.2) is 8.78 Å². The fourth-order valence-electron chi connectivity index (χ4n) is 1.01. The third-order valence-corrected chi connectivity index (χ3v) is 2.68. The zero-order valence-electron chi connectivity index (χ0n) is 5.93. The van der Waals surface area contributed by atoms with Crippen LogP contribution in [0.3, 0.4) is 0 Å². The van der Waals surface area contributed by atoms with Crippen molar-refractivity contribution in [3.05, 3.63) is 0 Å². The first-order valence-electron chi connectivity index (χ1n) is 2.97. The van der Waals surface area contributed by atoms with E-state index >= 15 is 0 Å². The quantitative estimate of drug-likeness (QED) is 0.403. The summed E-state index contributed by atoms with van der Waals surface area (Å²) in [6.07, 6.45) is 0. The number of hydrogen-bond acceptors (Lipinski definition) is 1. The average Bonchev–Trinajstić information content (AvgIpc) is 2.00. The molecule has 0 aromatic heterocycles. The number of carbonyl (C=O) groups is 1. The maximum absolute atomic E-state index is 12.9. The molecule has 1 saturated carbocycles. The van der Waals surface area contributed by atoms with E-state index in [1.807, 2.05) is 0 Å². The van der Waals surface area contributed by atoms with Gasteiger partial charge in [-0.3, -0.25) is 4.79 Å². The Kier molecular flexibility index (Phi) is 2.12. The first-order valence-corrected chi connectivity index (χ1v) is 3.72. The zero-order valence-corrected chi connectivity index (χ0v) is 7.44. The lowest BCUT2D eigenvalue weighted by Crippen LogP contribution is -2.85. The summed E-state index contributed by atoms with van der Waals surface area (Å²) in [6, 6.07) is 0. The standard InChI is InChI=1S/C5Cl2F6O/c6-1(14)2(8)3(7,9)5(12,13)4(2,10)11. The highest BCUT2D eigenvalue weighted by Crippen LogP contribution is 2.70. The topological polar surface area (TPSA) is 17.1 Å². The lowest BCUT2D eigenvalue weighted by Gasteiger charge is -2.53. The molecule has 0 aromatic rings. The third-order valence-electron chi connectivity index (χ3n) is 1.92. The van der Waals surface area contributed by atoms with Crippen LogP contribution in [0.1, 0.15) is 0 Å². The maximum Gasteiger partial charge on any atom is 0.365 e. The third kappa shape index (κ3) is 0.793. The molecule has 0 aliphatic heterocycles. The monoisotopic (exact) mass is 260 g/mol. The van der Waals surface area contributed by atoms with Gasteiger partial charge in [-0.2, -0.15) is 17.6 Å². The van der Waals surface area contributed by atoms with Crippen molar-refractivity contribution in [2.45, 2.75) is 22.6 Å². The highest BCUT2D eigenvalue weighted by molar-refractivity contribution is 6.66. The number of carbonyl (C=O) groups excluding carboxylic acids is 1. The largest absolute Gasteiger partial charge is 0.365 e. The molecule has 0 radical (unpaired) electrons. The molecule has 1 fully saturated rings. The average molecular weight is 261 g/mol. The maximum atomic E-state index is 12.9. The van der Waals surface area contributed by atoms with Gasteiger partial charge in [-0.1, -0.05) is 11.6 Å². The van der Waals surface area contributed by atoms with Crippen LogP contribution in [0.15, 0.2) is 0 Å². The minimum Gasteiger partial charge on any atom is -0.277 e. The number of halogens is 8. The molecule has 1 aliphatic rings. The van der Waals surface area contributed by atoms with Crippen molar-refractivity contribution in [1.29, 1.82) is 0 Å². The molecule has 0 N–H and O–H groups in total. The Hall–Kier alpha value is -0.170. The summed E-state index contributed by atoms with van der Waals surface area (Å²) in [7, 11) is 0. The zero-order chi connectivity index (χ0) is 11.6. The van der Waals surface area contributed by atoms with Gasteiger partial charge in [0, 0.05) is 0 Å². The van der Waals surface area contributed by atoms with Crippen LogP contribution in [0, 0.1) is 0 Å². The van der Waals surface area contributed by atoms with Crippen LogP contribution in [-0.4, -0.2) is 27.9 Å². The van der Waals surface area contributed by atoms with E-state index in [2.05, 4.69) is 23.2 Å². The Labute approximate surface area is 83.0 Å². The minimum absolute atomic E-state index is 2.61. The molecule has 1 aliphatic carbocycles. The Balaban J connectivity index is 3.32. The molecule has 2 atom stereocenters. The molecule has 0 amide bonds. The number of rotatable bonds is 1. The Morgan fingerprint density at radius 1 is 0.929 bits per heavy atom. The predicted octanol–water partition coefficient (Wildman–Crippen LogP) is 2.65. The minimum atomic E-state index is -5.56. The summed E-state index contributed by atoms with van der Waals surface area (Å²) in [5, 5.41) is -7.44. The van der Waals surface area contributed by atoms with Gasteiger partial charge in [0.05, 0.1) is 0 Å². The van der Waals surface area contributed by atoms with Gasteiger partial charge in [0.15, 0.2) is 0 Å². The normalized spacial score (nSPS) is 44.3. The molecule has 9 heteroatoms. The van der Waals surface area contributed by atoms with Crippen molar-refractivity contribution < 1.29 is 31.1 Å². The molecule has 82 valence electrons. The molecule has 2 unspecified atom stereocenters. The van der Waals surface area contributed by atoms with Gasteiger partial charge in [0.25, 0.3) is 5.24 Å². The van der Waals surface area contributed by atoms with Crippen LogP contribution in [-0.2, 0) is 4.79 Å². The van der Waals surface area contributed by atoms with E-state index in [0.29, 0.717) is 0 Å². The van der Waals surface area contributed by atoms with Crippen LogP contribution in [0.25, 0.3) is 0 Å². The summed E-state index contributed by atoms with van der Waals surface area (Å²) < 4.78 is 74.7. The van der Waals surface area contributed by atoms with Crippen molar-refractivity contribution in [1.82, 2.24) is 0 Å². The number of hydrogen-bond donors (Lipinski definition) is 0. The Bertz CT molecular complexity index is 283. The molecular weight excluding hydrogens is 261 g/mol. The number of alkyl halides is 7. The van der Waals surface area contributed by atoms with Crippen molar-refractivity contribution >= 4 is 28.4 Å². The fourth-order valence-corrected chi connectivity index (χ4v) is 1.63. The molecule has 0 saturated heterocycles. The fraction of sp³-hybridized carbons (Fsp3) is 0.800. The van der Waals surface area contributed by atoms with Crippen LogP contribution >= 0.6 is 23.2 Å². The van der Waals surface area contributed by atoms with E-state index in [0.717, 1.165) is 0 Å². The SMILES string of the molecule is O=C(Cl)C1(F)C(F)(F)C(F)(F)C1(F)Cl. The second-order valence-corrected chi connectivity index (χ2v) is 3.52. The van der Waals surface area contributed by atoms with Gasteiger partial charge in [0.1, 0.15) is 0 Å². The molecular formula is C5Cl2F6O. The molecule has 14 heavy (non-hydrogen) atoms. The second-order valence-electron chi connectivity index (χ2n) is 2.66. The highest BCUT2D eigenvalue weighted by Gasteiger charge is 3.00. The highest BCUT2D eigenvalue weighted by atomic mass is 35.5. The smallest absolute Gasteiger partial charge is 0.277 e. The second kappa shape index (κ2) is 2.49. The van der Waals surface area contributed by atoms with Crippen LogP contribution in [0.5, 0.6) is 0 Å².